The van der Waals surface area contributed by atoms with Gasteiger partial charge < -0.3 is 48.5 Å². The van der Waals surface area contributed by atoms with Crippen LogP contribution in [0.1, 0.15) is 98.2 Å². The molecule has 0 unspecified atom stereocenters. The molecule has 0 amide bonds. The monoisotopic (exact) mass is 2290 g/mol. The molecule has 0 fully saturated rings. The number of carboxylic acids is 1. The number of hydrogen-bond acceptors (Lipinski definition) is 10. The second-order valence-electron chi connectivity index (χ2n) is 29.1. The van der Waals surface area contributed by atoms with Gasteiger partial charge in [0.2, 0.25) is 6.79 Å². The molecule has 0 saturated carbocycles. The van der Waals surface area contributed by atoms with Gasteiger partial charge in [-0.15, -0.1) is 0 Å². The first-order valence-electron chi connectivity index (χ1n) is 39.8. The minimum Gasteiger partial charge on any atom is -0.508 e. The highest BCUT2D eigenvalue weighted by molar-refractivity contribution is 9.10. The fourth-order valence-corrected chi connectivity index (χ4v) is 12.4. The third-order valence-corrected chi connectivity index (χ3v) is 19.4. The molecule has 13 aromatic carbocycles. The van der Waals surface area contributed by atoms with E-state index in [0.717, 1.165) is 88.9 Å². The number of aromatic hydroxyl groups is 2. The van der Waals surface area contributed by atoms with Gasteiger partial charge in [0.25, 0.3) is 0 Å². The number of carboxylic acid groups (broad SMARTS) is 1. The zero-order valence-corrected chi connectivity index (χ0v) is 78.6. The predicted octanol–water partition coefficient (Wildman–Crippen LogP) is 32.0. The van der Waals surface area contributed by atoms with Gasteiger partial charge in [0, 0.05) is 158 Å². The summed E-state index contributed by atoms with van der Waals surface area (Å²) in [7, 11) is 0. The van der Waals surface area contributed by atoms with E-state index in [1.54, 1.807) is 0 Å². The van der Waals surface area contributed by atoms with Crippen molar-refractivity contribution in [2.24, 2.45) is 0 Å². The van der Waals surface area contributed by atoms with Gasteiger partial charge in [-0.2, -0.15) is 35.1 Å². The average Bonchev–Trinajstić information content (AvgIpc) is 0.787. The van der Waals surface area contributed by atoms with E-state index in [-0.39, 0.29) is 39.2 Å². The third kappa shape index (κ3) is 34.6. The van der Waals surface area contributed by atoms with Gasteiger partial charge in [-0.1, -0.05) is 58.5 Å². The molecule has 0 spiro atoms. The van der Waals surface area contributed by atoms with Crippen molar-refractivity contribution in [3.8, 4) is 51.7 Å². The summed E-state index contributed by atoms with van der Waals surface area (Å²) in [4.78, 5) is 10.4. The highest BCUT2D eigenvalue weighted by Gasteiger charge is 2.46. The molecule has 0 bridgehead atoms. The number of carbonyl (C=O) groups is 1. The minimum absolute atomic E-state index is 0.0715. The fourth-order valence-electron chi connectivity index (χ4n) is 11.3. The Morgan fingerprint density at radius 2 is 0.476 bits per heavy atom. The molecule has 49 heteroatoms. The minimum atomic E-state index is -4.68. The van der Waals surface area contributed by atoms with Crippen molar-refractivity contribution in [1.29, 1.82) is 0 Å². The van der Waals surface area contributed by atoms with Gasteiger partial charge in [-0.25, -0.2) is 123 Å². The number of halogens is 38. The van der Waals surface area contributed by atoms with Crippen LogP contribution in [-0.4, -0.2) is 33.6 Å². The van der Waals surface area contributed by atoms with Crippen LogP contribution >= 0.6 is 47.8 Å². The molecule has 13 aromatic rings. The summed E-state index contributed by atoms with van der Waals surface area (Å²) in [5, 5.41) is 26.0. The van der Waals surface area contributed by atoms with Crippen LogP contribution in [0.5, 0.6) is 51.7 Å². The van der Waals surface area contributed by atoms with Crippen molar-refractivity contribution >= 4 is 53.8 Å². The summed E-state index contributed by atoms with van der Waals surface area (Å²) in [6.07, 6.45) is -15.3. The molecule has 0 radical (unpaired) electrons. The summed E-state index contributed by atoms with van der Waals surface area (Å²) in [6, 6.07) is 18.9. The molecule has 0 atom stereocenters. The lowest BCUT2D eigenvalue weighted by atomic mass is 10.1. The largest absolute Gasteiger partial charge is 0.508 e. The van der Waals surface area contributed by atoms with Gasteiger partial charge in [-0.3, -0.25) is 0 Å². The summed E-state index contributed by atoms with van der Waals surface area (Å²) < 4.78 is 500. The van der Waals surface area contributed by atoms with Crippen LogP contribution in [0, 0.1) is 192 Å². The molecule has 0 aliphatic carbocycles. The van der Waals surface area contributed by atoms with Crippen LogP contribution in [0.15, 0.2) is 179 Å². The van der Waals surface area contributed by atoms with Gasteiger partial charge in [0.1, 0.15) is 225 Å². The van der Waals surface area contributed by atoms with E-state index in [9.17, 15) is 158 Å². The normalized spacial score (nSPS) is 11.1. The van der Waals surface area contributed by atoms with Crippen LogP contribution in [0.2, 0.25) is 0 Å². The number of rotatable bonds is 23. The topological polar surface area (TPSA) is 142 Å². The van der Waals surface area contributed by atoms with Crippen molar-refractivity contribution in [1.82, 2.24) is 0 Å². The van der Waals surface area contributed by atoms with Crippen molar-refractivity contribution in [3.05, 3.63) is 403 Å². The molecule has 145 heavy (non-hydrogen) atoms. The lowest BCUT2D eigenvalue weighted by Crippen LogP contribution is -2.25. The van der Waals surface area contributed by atoms with E-state index < -0.39 is 285 Å². The highest BCUT2D eigenvalue weighted by Crippen LogP contribution is 2.43. The first-order valence-corrected chi connectivity index (χ1v) is 42.5. The van der Waals surface area contributed by atoms with E-state index in [0.29, 0.717) is 114 Å². The maximum Gasteiger partial charge on any atom is 0.432 e. The van der Waals surface area contributed by atoms with E-state index >= 15 is 0 Å². The first kappa shape index (κ1) is 120. The van der Waals surface area contributed by atoms with Gasteiger partial charge in [0.15, 0.2) is 17.5 Å². The van der Waals surface area contributed by atoms with Gasteiger partial charge in [0.05, 0.1) is 0 Å². The number of aryl methyl sites for hydroxylation is 2. The molecular weight excluding hydrogens is 2230 g/mol. The third-order valence-electron chi connectivity index (χ3n) is 18.3. The SMILES string of the molecule is CCCc1cc(F)c(C(=O)O)c(F)c1.CCCc1cc(F)cc(F)c1.Cc1c(F)cc(O)cc1F.Cc1c(F)cc(OC(F)(F)c2c(F)cc(Br)cc2F)cc1F.Cc1c(F)cc(OC(F)(F)c2c(F)cc(O)cc2F)cc1F.Cc1c(F)cc(OC(F)(F)c2c(F)cc(OCBr)cc2F)cc1F.Cc1c(F)cc(OC(F)(F)c2c(F)cc(OCOc3cc(F)c(F)c(F)c3)cc2F)cc1F.Fc1cc(F)cc(Br)c1. The molecule has 13 rings (SSSR count). The van der Waals surface area contributed by atoms with Crippen LogP contribution in [0.25, 0.3) is 0 Å². The lowest BCUT2D eigenvalue weighted by Gasteiger charge is -2.20. The van der Waals surface area contributed by atoms with Crippen molar-refractivity contribution < 1.29 is 207 Å². The van der Waals surface area contributed by atoms with E-state index in [4.69, 9.17) is 29.5 Å². The maximum atomic E-state index is 14.3. The van der Waals surface area contributed by atoms with Crippen LogP contribution in [-0.2, 0) is 37.3 Å². The van der Waals surface area contributed by atoms with Crippen LogP contribution < -0.4 is 33.2 Å². The number of hydrogen-bond donors (Lipinski definition) is 3. The predicted molar refractivity (Wildman–Crippen MR) is 459 cm³/mol. The molecule has 0 aliphatic heterocycles. The van der Waals surface area contributed by atoms with E-state index in [2.05, 4.69) is 66.7 Å². The van der Waals surface area contributed by atoms with Crippen molar-refractivity contribution in [3.63, 3.8) is 0 Å². The first-order chi connectivity index (χ1) is 67.3. The summed E-state index contributed by atoms with van der Waals surface area (Å²) in [5.41, 5.74) is -8.57. The lowest BCUT2D eigenvalue weighted by molar-refractivity contribution is -0.190. The van der Waals surface area contributed by atoms with Crippen molar-refractivity contribution in [2.45, 2.75) is 98.6 Å². The van der Waals surface area contributed by atoms with Crippen LogP contribution in [0.3, 0.4) is 0 Å². The zero-order chi connectivity index (χ0) is 109. The molecule has 0 heterocycles. The summed E-state index contributed by atoms with van der Waals surface area (Å²) in [6.45, 7) is 8.57. The van der Waals surface area contributed by atoms with Crippen molar-refractivity contribution in [2.75, 3.05) is 12.3 Å². The Bertz CT molecular complexity index is 6330. The molecular formula is C96H64Br3F35O11. The Labute approximate surface area is 821 Å². The summed E-state index contributed by atoms with van der Waals surface area (Å²) in [5.74, 6) is -41.5. The van der Waals surface area contributed by atoms with Gasteiger partial charge >= 0.3 is 30.4 Å². The summed E-state index contributed by atoms with van der Waals surface area (Å²) >= 11 is 8.52. The second-order valence-corrected chi connectivity index (χ2v) is 31.4. The highest BCUT2D eigenvalue weighted by atomic mass is 79.9. The Balaban J connectivity index is 0.000000262. The number of phenols is 2. The maximum absolute atomic E-state index is 14.3. The smallest absolute Gasteiger partial charge is 0.432 e. The quantitative estimate of drug-likeness (QED) is 0.0244. The number of ether oxygens (including phenoxy) is 7. The fraction of sp³-hybridized carbons (Fsp3) is 0.177. The Kier molecular flexibility index (Phi) is 43.4. The number of benzene rings is 13. The molecule has 0 aromatic heterocycles. The average molecular weight is 2300 g/mol. The zero-order valence-electron chi connectivity index (χ0n) is 73.9. The second kappa shape index (κ2) is 52.3. The number of phenolic OH excluding ortho intramolecular Hbond substituents is 2. The molecule has 780 valence electrons. The molecule has 3 N–H and O–H groups in total. The van der Waals surface area contributed by atoms with E-state index in [1.807, 2.05) is 13.8 Å². The molecule has 0 aliphatic rings. The number of alkyl halides is 9. The molecule has 0 saturated heterocycles. The Morgan fingerprint density at radius 3 is 0.724 bits per heavy atom. The van der Waals surface area contributed by atoms with E-state index in [1.165, 1.54) is 31.2 Å². The standard InChI is InChI=1S/C21H11F9O3.C15H9BrF6O2.C14H7BrF6O.C14H8F6O2.C10H10F2O2.C9H10F2.C7H6F2O.C6H3BrF2/c1-9-13(22)6-12(7-14(9)23)33-21(29,30)19-15(24)2-10(3-16(19)25)31-8-32-11-4-17(26)20(28)18(27)5-11;1-7-10(17)4-9(5-11(7)18)24-15(21,22)14-12(19)2-8(23-6-16)3-13(14)20;1-6-9(16)4-8(5-10(6)17)22-14(20,21)13-11(18)2-7(15)3-12(13)19;1-6-9(15)4-8(5-10(6)16)22-14(19,20)13-11(17)2-7(21)3-12(13)18;1-2-3-6-4-7(11)9(10(13)14)8(12)5-6;1-2-3-7-4-8(10)6-9(11)5-7;1-4-6(8)2-5(10)3-7(4)9;7-4-1-5(8)3-6(9)2-4/h2-7H,8H2,1H3;2-5H,6H2,1H3;2-5H,1H3;2-5,21H,1H3;4-5H,2-3H2,1H3,(H,13,14);4-6H,2-3H2,1H3;2-3,10H,1H3;1-3H. The van der Waals surface area contributed by atoms with Gasteiger partial charge in [-0.05, 0) is 123 Å². The molecule has 11 nitrogen and oxygen atoms in total. The Morgan fingerprint density at radius 1 is 0.269 bits per heavy atom. The number of aromatic carboxylic acids is 1. The van der Waals surface area contributed by atoms with Crippen LogP contribution in [0.4, 0.5) is 154 Å². The Hall–Kier alpha value is -13.5.